The lowest BCUT2D eigenvalue weighted by atomic mass is 10.1. The highest BCUT2D eigenvalue weighted by molar-refractivity contribution is 6.69. The van der Waals surface area contributed by atoms with Crippen molar-refractivity contribution in [1.82, 2.24) is 0 Å². The van der Waals surface area contributed by atoms with Crippen LogP contribution in [-0.4, -0.2) is 41.4 Å². The molecule has 0 radical (unpaired) electrons. The highest BCUT2D eigenvalue weighted by atomic mass is 28.4. The molecule has 0 saturated heterocycles. The first kappa shape index (κ1) is 16.1. The van der Waals surface area contributed by atoms with Gasteiger partial charge in [0, 0.05) is 6.61 Å². The fourth-order valence-electron chi connectivity index (χ4n) is 1.03. The van der Waals surface area contributed by atoms with E-state index in [2.05, 4.69) is 33.5 Å². The van der Waals surface area contributed by atoms with Gasteiger partial charge in [0.05, 0.1) is 26.4 Å². The summed E-state index contributed by atoms with van der Waals surface area (Å²) in [5.74, 6) is 0.648. The van der Waals surface area contributed by atoms with Crippen LogP contribution in [0.2, 0.25) is 19.6 Å². The second-order valence-corrected chi connectivity index (χ2v) is 9.67. The Morgan fingerprint density at radius 2 is 1.50 bits per heavy atom. The van der Waals surface area contributed by atoms with Crippen molar-refractivity contribution in [3.63, 3.8) is 0 Å². The first-order valence-corrected chi connectivity index (χ1v) is 9.66. The van der Waals surface area contributed by atoms with Crippen molar-refractivity contribution in [2.45, 2.75) is 39.9 Å². The smallest absolute Gasteiger partial charge is 0.183 e. The first-order chi connectivity index (χ1) is 7.45. The van der Waals surface area contributed by atoms with Gasteiger partial charge in [-0.1, -0.05) is 20.3 Å². The largest absolute Gasteiger partial charge is 0.415 e. The molecule has 98 valence electrons. The molecule has 0 saturated carbocycles. The van der Waals surface area contributed by atoms with Gasteiger partial charge in [0.15, 0.2) is 8.32 Å². The molecule has 3 nitrogen and oxygen atoms in total. The summed E-state index contributed by atoms with van der Waals surface area (Å²) in [4.78, 5) is 0. The molecule has 0 aromatic carbocycles. The van der Waals surface area contributed by atoms with E-state index in [4.69, 9.17) is 13.9 Å². The normalized spacial score (nSPS) is 14.1. The maximum atomic E-state index is 5.66. The van der Waals surface area contributed by atoms with E-state index in [0.29, 0.717) is 32.3 Å². The molecule has 0 bridgehead atoms. The lowest BCUT2D eigenvalue weighted by molar-refractivity contribution is 0.0254. The molecule has 0 aromatic heterocycles. The fourth-order valence-corrected chi connectivity index (χ4v) is 1.72. The summed E-state index contributed by atoms with van der Waals surface area (Å²) in [6.45, 7) is 14.5. The van der Waals surface area contributed by atoms with Crippen LogP contribution in [0.1, 0.15) is 20.3 Å². The molecule has 0 heterocycles. The molecule has 0 amide bonds. The van der Waals surface area contributed by atoms with Crippen LogP contribution in [-0.2, 0) is 13.9 Å². The first-order valence-electron chi connectivity index (χ1n) is 6.25. The number of ether oxygens (including phenoxy) is 2. The fraction of sp³-hybridized carbons (Fsp3) is 1.00. The van der Waals surface area contributed by atoms with Gasteiger partial charge in [-0.15, -0.1) is 0 Å². The Hall–Kier alpha value is 0.0969. The Morgan fingerprint density at radius 1 is 0.938 bits per heavy atom. The Bertz CT molecular complexity index is 157. The minimum Gasteiger partial charge on any atom is -0.415 e. The molecule has 0 rings (SSSR count). The number of hydrogen-bond acceptors (Lipinski definition) is 3. The van der Waals surface area contributed by atoms with Crippen molar-refractivity contribution in [3.8, 4) is 0 Å². The Morgan fingerprint density at radius 3 is 2.06 bits per heavy atom. The van der Waals surface area contributed by atoms with Gasteiger partial charge >= 0.3 is 0 Å². The minimum atomic E-state index is -1.36. The van der Waals surface area contributed by atoms with Crippen molar-refractivity contribution >= 4 is 8.32 Å². The van der Waals surface area contributed by atoms with Gasteiger partial charge in [0.25, 0.3) is 0 Å². The standard InChI is InChI=1S/C12H28O3Si/c1-6-12(2)11-14-8-7-13-9-10-15-16(3,4)5/h12H,6-11H2,1-5H3. The van der Waals surface area contributed by atoms with Crippen LogP contribution in [0.3, 0.4) is 0 Å². The topological polar surface area (TPSA) is 27.7 Å². The summed E-state index contributed by atoms with van der Waals surface area (Å²) in [7, 11) is -1.36. The summed E-state index contributed by atoms with van der Waals surface area (Å²) < 4.78 is 16.6. The van der Waals surface area contributed by atoms with E-state index >= 15 is 0 Å². The van der Waals surface area contributed by atoms with E-state index in [1.807, 2.05) is 0 Å². The van der Waals surface area contributed by atoms with Crippen LogP contribution in [0.15, 0.2) is 0 Å². The van der Waals surface area contributed by atoms with Gasteiger partial charge in [-0.25, -0.2) is 0 Å². The quantitative estimate of drug-likeness (QED) is 0.439. The number of rotatable bonds is 10. The van der Waals surface area contributed by atoms with Crippen LogP contribution in [0.25, 0.3) is 0 Å². The van der Waals surface area contributed by atoms with E-state index in [-0.39, 0.29) is 0 Å². The van der Waals surface area contributed by atoms with Crippen LogP contribution in [0, 0.1) is 5.92 Å². The Balaban J connectivity index is 3.10. The second kappa shape index (κ2) is 9.16. The third-order valence-corrected chi connectivity index (χ3v) is 3.30. The van der Waals surface area contributed by atoms with Gasteiger partial charge in [0.1, 0.15) is 0 Å². The Kier molecular flexibility index (Phi) is 9.22. The van der Waals surface area contributed by atoms with Crippen molar-refractivity contribution < 1.29 is 13.9 Å². The highest BCUT2D eigenvalue weighted by Crippen LogP contribution is 2.02. The molecule has 0 aliphatic rings. The van der Waals surface area contributed by atoms with E-state index in [1.165, 1.54) is 6.42 Å². The maximum absolute atomic E-state index is 5.66. The van der Waals surface area contributed by atoms with E-state index in [0.717, 1.165) is 6.61 Å². The van der Waals surface area contributed by atoms with Crippen molar-refractivity contribution in [1.29, 1.82) is 0 Å². The molecule has 1 unspecified atom stereocenters. The molecule has 0 aliphatic heterocycles. The minimum absolute atomic E-state index is 0.648. The summed E-state index contributed by atoms with van der Waals surface area (Å²) in [6.07, 6.45) is 1.17. The third kappa shape index (κ3) is 12.2. The third-order valence-electron chi connectivity index (χ3n) is 2.23. The zero-order chi connectivity index (χ0) is 12.4. The van der Waals surface area contributed by atoms with Crippen LogP contribution < -0.4 is 0 Å². The average molecular weight is 248 g/mol. The van der Waals surface area contributed by atoms with Crippen LogP contribution in [0.5, 0.6) is 0 Å². The summed E-state index contributed by atoms with van der Waals surface area (Å²) in [6, 6.07) is 0. The summed E-state index contributed by atoms with van der Waals surface area (Å²) >= 11 is 0. The lowest BCUT2D eigenvalue weighted by Crippen LogP contribution is -2.27. The Labute approximate surface area is 102 Å². The molecular weight excluding hydrogens is 220 g/mol. The number of hydrogen-bond donors (Lipinski definition) is 0. The predicted molar refractivity (Wildman–Crippen MR) is 70.4 cm³/mol. The van der Waals surface area contributed by atoms with E-state index in [9.17, 15) is 0 Å². The monoisotopic (exact) mass is 248 g/mol. The molecule has 0 aliphatic carbocycles. The molecule has 4 heteroatoms. The average Bonchev–Trinajstić information content (AvgIpc) is 2.20. The van der Waals surface area contributed by atoms with E-state index < -0.39 is 8.32 Å². The van der Waals surface area contributed by atoms with Gasteiger partial charge in [-0.2, -0.15) is 0 Å². The molecule has 0 spiro atoms. The summed E-state index contributed by atoms with van der Waals surface area (Å²) in [5, 5.41) is 0. The van der Waals surface area contributed by atoms with Gasteiger partial charge in [-0.05, 0) is 25.6 Å². The SMILES string of the molecule is CCC(C)COCCOCCO[Si](C)(C)C. The van der Waals surface area contributed by atoms with Crippen molar-refractivity contribution in [2.24, 2.45) is 5.92 Å². The zero-order valence-corrected chi connectivity index (χ0v) is 12.5. The zero-order valence-electron chi connectivity index (χ0n) is 11.5. The lowest BCUT2D eigenvalue weighted by Gasteiger charge is -2.17. The maximum Gasteiger partial charge on any atom is 0.183 e. The molecular formula is C12H28O3Si. The van der Waals surface area contributed by atoms with Gasteiger partial charge in [0.2, 0.25) is 0 Å². The molecule has 1 atom stereocenters. The molecule has 0 aromatic rings. The van der Waals surface area contributed by atoms with E-state index in [1.54, 1.807) is 0 Å². The van der Waals surface area contributed by atoms with Crippen LogP contribution >= 0.6 is 0 Å². The van der Waals surface area contributed by atoms with Crippen molar-refractivity contribution in [2.75, 3.05) is 33.0 Å². The molecule has 0 N–H and O–H groups in total. The second-order valence-electron chi connectivity index (χ2n) is 5.16. The van der Waals surface area contributed by atoms with Crippen LogP contribution in [0.4, 0.5) is 0 Å². The molecule has 16 heavy (non-hydrogen) atoms. The summed E-state index contributed by atoms with van der Waals surface area (Å²) in [5.41, 5.74) is 0. The molecule has 0 fully saturated rings. The predicted octanol–water partition coefficient (Wildman–Crippen LogP) is 2.92. The van der Waals surface area contributed by atoms with Gasteiger partial charge in [-0.3, -0.25) is 0 Å². The van der Waals surface area contributed by atoms with Crippen molar-refractivity contribution in [3.05, 3.63) is 0 Å². The van der Waals surface area contributed by atoms with Gasteiger partial charge < -0.3 is 13.9 Å². The highest BCUT2D eigenvalue weighted by Gasteiger charge is 2.12.